The van der Waals surface area contributed by atoms with Crippen molar-refractivity contribution in [2.24, 2.45) is 0 Å². The molecule has 6 heteroatoms. The Labute approximate surface area is 115 Å². The van der Waals surface area contributed by atoms with Crippen LogP contribution >= 0.6 is 0 Å². The molecule has 0 aliphatic carbocycles. The number of rotatable bonds is 4. The molecule has 6 nitrogen and oxygen atoms in total. The zero-order chi connectivity index (χ0) is 13.9. The van der Waals surface area contributed by atoms with Gasteiger partial charge in [-0.3, -0.25) is 4.52 Å². The highest BCUT2D eigenvalue weighted by molar-refractivity contribution is 5.56. The Balaban J connectivity index is 1.69. The van der Waals surface area contributed by atoms with E-state index in [-0.39, 0.29) is 12.7 Å². The fraction of sp³-hybridized carbons (Fsp3) is 0.214. The Morgan fingerprint density at radius 3 is 2.65 bits per heavy atom. The van der Waals surface area contributed by atoms with Crippen LogP contribution in [-0.2, 0) is 6.61 Å². The Kier molecular flexibility index (Phi) is 3.20. The number of aryl methyl sites for hydroxylation is 2. The third-order valence-corrected chi connectivity index (χ3v) is 2.72. The summed E-state index contributed by atoms with van der Waals surface area (Å²) < 4.78 is 15.7. The van der Waals surface area contributed by atoms with Gasteiger partial charge in [-0.1, -0.05) is 35.0 Å². The molecule has 0 bridgehead atoms. The van der Waals surface area contributed by atoms with Crippen molar-refractivity contribution in [3.63, 3.8) is 0 Å². The van der Waals surface area contributed by atoms with Crippen LogP contribution < -0.4 is 4.74 Å². The summed E-state index contributed by atoms with van der Waals surface area (Å²) in [6.07, 6.45) is 1.78. The van der Waals surface area contributed by atoms with E-state index in [0.717, 1.165) is 5.56 Å². The van der Waals surface area contributed by atoms with Crippen molar-refractivity contribution >= 4 is 0 Å². The summed E-state index contributed by atoms with van der Waals surface area (Å²) in [6, 6.07) is 8.02. The zero-order valence-corrected chi connectivity index (χ0v) is 11.2. The Morgan fingerprint density at radius 1 is 1.15 bits per heavy atom. The minimum atomic E-state index is 0.109. The highest BCUT2D eigenvalue weighted by Gasteiger charge is 2.09. The minimum Gasteiger partial charge on any atom is -0.439 e. The van der Waals surface area contributed by atoms with Crippen LogP contribution in [0.4, 0.5) is 0 Å². The van der Waals surface area contributed by atoms with Gasteiger partial charge in [0.2, 0.25) is 5.89 Å². The van der Waals surface area contributed by atoms with Crippen LogP contribution in [0.15, 0.2) is 39.4 Å². The molecule has 2 heterocycles. The number of ether oxygens (including phenoxy) is 1. The molecule has 102 valence electrons. The van der Waals surface area contributed by atoms with Crippen molar-refractivity contribution < 1.29 is 13.7 Å². The van der Waals surface area contributed by atoms with Crippen molar-refractivity contribution in [3.05, 3.63) is 47.7 Å². The second-order valence-electron chi connectivity index (χ2n) is 4.38. The van der Waals surface area contributed by atoms with Crippen molar-refractivity contribution in [3.8, 4) is 17.4 Å². The molecule has 3 rings (SSSR count). The van der Waals surface area contributed by atoms with E-state index in [1.54, 1.807) is 13.1 Å². The lowest BCUT2D eigenvalue weighted by Gasteiger charge is -1.97. The maximum atomic E-state index is 5.61. The van der Waals surface area contributed by atoms with Gasteiger partial charge in [0.25, 0.3) is 0 Å². The molecule has 0 unspecified atom stereocenters. The van der Waals surface area contributed by atoms with Gasteiger partial charge < -0.3 is 9.15 Å². The number of aromatic nitrogens is 3. The van der Waals surface area contributed by atoms with Crippen LogP contribution in [0.5, 0.6) is 6.08 Å². The van der Waals surface area contributed by atoms with Crippen LogP contribution in [0.1, 0.15) is 17.3 Å². The molecule has 0 saturated carbocycles. The lowest BCUT2D eigenvalue weighted by molar-refractivity contribution is 0.177. The summed E-state index contributed by atoms with van der Waals surface area (Å²) in [5, 5.41) is 3.63. The lowest BCUT2D eigenvalue weighted by Crippen LogP contribution is -1.95. The normalized spacial score (nSPS) is 10.7. The number of hydrogen-bond donors (Lipinski definition) is 0. The molecule has 0 fully saturated rings. The first-order valence-corrected chi connectivity index (χ1v) is 6.15. The predicted molar refractivity (Wildman–Crippen MR) is 70.0 cm³/mol. The molecule has 0 aliphatic heterocycles. The van der Waals surface area contributed by atoms with Crippen LogP contribution in [-0.4, -0.2) is 15.1 Å². The van der Waals surface area contributed by atoms with Gasteiger partial charge in [-0.05, 0) is 13.8 Å². The van der Waals surface area contributed by atoms with E-state index in [1.807, 2.05) is 31.2 Å². The lowest BCUT2D eigenvalue weighted by atomic mass is 10.1. The van der Waals surface area contributed by atoms with Crippen LogP contribution in [0.25, 0.3) is 11.3 Å². The summed E-state index contributed by atoms with van der Waals surface area (Å²) >= 11 is 0. The molecule has 1 aromatic carbocycles. The van der Waals surface area contributed by atoms with Crippen LogP contribution in [0.3, 0.4) is 0 Å². The maximum Gasteiger partial charge on any atom is 0.417 e. The summed E-state index contributed by atoms with van der Waals surface area (Å²) in [6.45, 7) is 3.90. The monoisotopic (exact) mass is 271 g/mol. The predicted octanol–water partition coefficient (Wildman–Crippen LogP) is 2.92. The largest absolute Gasteiger partial charge is 0.439 e. The summed E-state index contributed by atoms with van der Waals surface area (Å²) in [5.74, 6) is 1.68. The van der Waals surface area contributed by atoms with E-state index in [0.29, 0.717) is 17.5 Å². The molecule has 0 atom stereocenters. The third kappa shape index (κ3) is 2.69. The number of nitrogens with zero attached hydrogens (tertiary/aromatic N) is 3. The maximum absolute atomic E-state index is 5.61. The molecular formula is C14H13N3O3. The minimum absolute atomic E-state index is 0.109. The highest BCUT2D eigenvalue weighted by atomic mass is 16.6. The van der Waals surface area contributed by atoms with Gasteiger partial charge in [0, 0.05) is 5.56 Å². The van der Waals surface area contributed by atoms with Gasteiger partial charge >= 0.3 is 6.08 Å². The van der Waals surface area contributed by atoms with Gasteiger partial charge in [-0.15, -0.1) is 0 Å². The van der Waals surface area contributed by atoms with Crippen molar-refractivity contribution in [1.82, 2.24) is 15.1 Å². The molecule has 3 aromatic rings. The highest BCUT2D eigenvalue weighted by Crippen LogP contribution is 2.21. The quantitative estimate of drug-likeness (QED) is 0.726. The average molecular weight is 271 g/mol. The summed E-state index contributed by atoms with van der Waals surface area (Å²) in [7, 11) is 0. The SMILES string of the molecule is Cc1ccc(-c2cnc(COc3nc(C)no3)o2)cc1. The van der Waals surface area contributed by atoms with Gasteiger partial charge in [0.1, 0.15) is 0 Å². The van der Waals surface area contributed by atoms with E-state index in [1.165, 1.54) is 5.56 Å². The van der Waals surface area contributed by atoms with E-state index in [2.05, 4.69) is 15.1 Å². The second-order valence-corrected chi connectivity index (χ2v) is 4.38. The van der Waals surface area contributed by atoms with Crippen molar-refractivity contribution in [2.75, 3.05) is 0 Å². The molecule has 20 heavy (non-hydrogen) atoms. The molecule has 0 saturated heterocycles. The fourth-order valence-electron chi connectivity index (χ4n) is 1.69. The number of oxazole rings is 1. The van der Waals surface area contributed by atoms with Gasteiger partial charge in [0.05, 0.1) is 6.20 Å². The first-order valence-electron chi connectivity index (χ1n) is 6.15. The Morgan fingerprint density at radius 2 is 1.95 bits per heavy atom. The number of benzene rings is 1. The molecule has 2 aromatic heterocycles. The van der Waals surface area contributed by atoms with E-state index >= 15 is 0 Å². The summed E-state index contributed by atoms with van der Waals surface area (Å²) in [4.78, 5) is 8.09. The molecule has 0 spiro atoms. The van der Waals surface area contributed by atoms with Crippen LogP contribution in [0, 0.1) is 13.8 Å². The average Bonchev–Trinajstić information content (AvgIpc) is 3.06. The molecule has 0 amide bonds. The van der Waals surface area contributed by atoms with E-state index in [9.17, 15) is 0 Å². The first kappa shape index (κ1) is 12.4. The molecular weight excluding hydrogens is 258 g/mol. The van der Waals surface area contributed by atoms with E-state index < -0.39 is 0 Å². The summed E-state index contributed by atoms with van der Waals surface area (Å²) in [5.41, 5.74) is 2.17. The molecule has 0 radical (unpaired) electrons. The second kappa shape index (κ2) is 5.16. The van der Waals surface area contributed by atoms with Crippen molar-refractivity contribution in [1.29, 1.82) is 0 Å². The third-order valence-electron chi connectivity index (χ3n) is 2.72. The van der Waals surface area contributed by atoms with Gasteiger partial charge in [-0.25, -0.2) is 4.98 Å². The zero-order valence-electron chi connectivity index (χ0n) is 11.2. The van der Waals surface area contributed by atoms with Crippen LogP contribution in [0.2, 0.25) is 0 Å². The Bertz CT molecular complexity index is 701. The van der Waals surface area contributed by atoms with Crippen molar-refractivity contribution in [2.45, 2.75) is 20.5 Å². The Hall–Kier alpha value is -2.63. The fourth-order valence-corrected chi connectivity index (χ4v) is 1.69. The topological polar surface area (TPSA) is 74.2 Å². The standard InChI is InChI=1S/C14H13N3O3/c1-9-3-5-11(6-4-9)12-7-15-13(19-12)8-18-14-16-10(2)17-20-14/h3-7H,8H2,1-2H3. The number of hydrogen-bond acceptors (Lipinski definition) is 6. The van der Waals surface area contributed by atoms with Gasteiger partial charge in [0.15, 0.2) is 18.2 Å². The molecule has 0 aliphatic rings. The smallest absolute Gasteiger partial charge is 0.417 e. The molecule has 0 N–H and O–H groups in total. The first-order chi connectivity index (χ1) is 9.70. The van der Waals surface area contributed by atoms with E-state index in [4.69, 9.17) is 13.7 Å². The van der Waals surface area contributed by atoms with Gasteiger partial charge in [-0.2, -0.15) is 4.98 Å².